The van der Waals surface area contributed by atoms with Gasteiger partial charge in [-0.15, -0.1) is 0 Å². The van der Waals surface area contributed by atoms with Crippen molar-refractivity contribution in [1.29, 1.82) is 0 Å². The molecule has 4 heteroatoms. The monoisotopic (exact) mass is 241 g/mol. The second-order valence-electron chi connectivity index (χ2n) is 3.69. The molecule has 0 aromatic heterocycles. The molecule has 0 aliphatic rings. The van der Waals surface area contributed by atoms with Crippen LogP contribution in [0.15, 0.2) is 6.07 Å². The first kappa shape index (κ1) is 13.0. The minimum absolute atomic E-state index is 0.0730. The van der Waals surface area contributed by atoms with Crippen LogP contribution in [-0.4, -0.2) is 19.4 Å². The summed E-state index contributed by atoms with van der Waals surface area (Å²) in [5.74, 6) is 0.477. The van der Waals surface area contributed by atoms with Crippen molar-refractivity contribution in [2.75, 3.05) is 13.7 Å². The maximum absolute atomic E-state index is 11.9. The first-order valence-corrected chi connectivity index (χ1v) is 5.47. The number of hydrogen-bond donors (Lipinski definition) is 1. The molecule has 3 nitrogen and oxygen atoms in total. The van der Waals surface area contributed by atoms with Gasteiger partial charge >= 0.3 is 0 Å². The zero-order valence-electron chi connectivity index (χ0n) is 9.76. The normalized spacial score (nSPS) is 10.3. The van der Waals surface area contributed by atoms with Gasteiger partial charge in [0.25, 0.3) is 0 Å². The van der Waals surface area contributed by atoms with Crippen LogP contribution in [0, 0.1) is 13.8 Å². The predicted octanol–water partition coefficient (Wildman–Crippen LogP) is 2.50. The molecule has 0 saturated heterocycles. The molecule has 1 aromatic rings. The summed E-state index contributed by atoms with van der Waals surface area (Å²) >= 11 is 6.14. The van der Waals surface area contributed by atoms with E-state index in [-0.39, 0.29) is 12.2 Å². The van der Waals surface area contributed by atoms with E-state index in [2.05, 4.69) is 0 Å². The zero-order chi connectivity index (χ0) is 12.3. The molecular formula is C12H16ClNO2. The predicted molar refractivity (Wildman–Crippen MR) is 65.5 cm³/mol. The van der Waals surface area contributed by atoms with Gasteiger partial charge in [-0.2, -0.15) is 0 Å². The number of Topliss-reactive ketones (excluding diaryl/α,β-unsaturated/α-hetero) is 1. The van der Waals surface area contributed by atoms with Gasteiger partial charge in [-0.1, -0.05) is 17.7 Å². The van der Waals surface area contributed by atoms with Crippen LogP contribution in [0.2, 0.25) is 5.02 Å². The summed E-state index contributed by atoms with van der Waals surface area (Å²) in [4.78, 5) is 11.9. The summed E-state index contributed by atoms with van der Waals surface area (Å²) in [5, 5.41) is 0.459. The highest BCUT2D eigenvalue weighted by atomic mass is 35.5. The van der Waals surface area contributed by atoms with Crippen LogP contribution in [0.4, 0.5) is 0 Å². The topological polar surface area (TPSA) is 52.3 Å². The van der Waals surface area contributed by atoms with Crippen molar-refractivity contribution in [3.05, 3.63) is 27.8 Å². The third-order valence-electron chi connectivity index (χ3n) is 2.44. The van der Waals surface area contributed by atoms with Crippen LogP contribution in [0.5, 0.6) is 5.75 Å². The Morgan fingerprint density at radius 1 is 1.44 bits per heavy atom. The molecule has 0 atom stereocenters. The SMILES string of the molecule is COc1c(C)cc(C)c(Cl)c1C(=O)CCN. The van der Waals surface area contributed by atoms with Gasteiger partial charge in [-0.25, -0.2) is 0 Å². The largest absolute Gasteiger partial charge is 0.496 e. The number of carbonyl (C=O) groups excluding carboxylic acids is 1. The van der Waals surface area contributed by atoms with Gasteiger partial charge in [0.15, 0.2) is 5.78 Å². The fourth-order valence-corrected chi connectivity index (χ4v) is 1.96. The lowest BCUT2D eigenvalue weighted by molar-refractivity contribution is 0.0982. The Kier molecular flexibility index (Phi) is 4.33. The van der Waals surface area contributed by atoms with Gasteiger partial charge in [0.05, 0.1) is 17.7 Å². The van der Waals surface area contributed by atoms with E-state index in [1.807, 2.05) is 19.9 Å². The number of ketones is 1. The highest BCUT2D eigenvalue weighted by Gasteiger charge is 2.19. The van der Waals surface area contributed by atoms with Crippen LogP contribution in [0.1, 0.15) is 27.9 Å². The number of benzene rings is 1. The van der Waals surface area contributed by atoms with Crippen LogP contribution in [0.3, 0.4) is 0 Å². The molecule has 0 radical (unpaired) electrons. The maximum atomic E-state index is 11.9. The number of rotatable bonds is 4. The van der Waals surface area contributed by atoms with Crippen LogP contribution >= 0.6 is 11.6 Å². The second-order valence-corrected chi connectivity index (χ2v) is 4.07. The number of hydrogen-bond acceptors (Lipinski definition) is 3. The second kappa shape index (κ2) is 5.32. The molecular weight excluding hydrogens is 226 g/mol. The van der Waals surface area contributed by atoms with Crippen LogP contribution in [-0.2, 0) is 0 Å². The molecule has 0 heterocycles. The standard InChI is InChI=1S/C12H16ClNO2/c1-7-6-8(2)12(16-3)10(11(7)13)9(15)4-5-14/h6H,4-5,14H2,1-3H3. The average Bonchev–Trinajstić information content (AvgIpc) is 2.23. The Hall–Kier alpha value is -1.06. The van der Waals surface area contributed by atoms with Crippen LogP contribution < -0.4 is 10.5 Å². The van der Waals surface area contributed by atoms with Crippen molar-refractivity contribution in [2.24, 2.45) is 5.73 Å². The molecule has 0 aliphatic heterocycles. The maximum Gasteiger partial charge on any atom is 0.169 e. The summed E-state index contributed by atoms with van der Waals surface area (Å²) < 4.78 is 5.23. The quantitative estimate of drug-likeness (QED) is 0.824. The van der Waals surface area contributed by atoms with Crippen molar-refractivity contribution >= 4 is 17.4 Å². The molecule has 88 valence electrons. The van der Waals surface area contributed by atoms with Crippen molar-refractivity contribution in [3.63, 3.8) is 0 Å². The molecule has 0 amide bonds. The molecule has 0 spiro atoms. The molecule has 2 N–H and O–H groups in total. The number of halogens is 1. The number of methoxy groups -OCH3 is 1. The van der Waals surface area contributed by atoms with E-state index in [0.717, 1.165) is 11.1 Å². The van der Waals surface area contributed by atoms with Crippen molar-refractivity contribution in [3.8, 4) is 5.75 Å². The molecule has 0 fully saturated rings. The first-order chi connectivity index (χ1) is 7.52. The Bertz CT molecular complexity index is 416. The molecule has 1 aromatic carbocycles. The van der Waals surface area contributed by atoms with Gasteiger partial charge in [-0.3, -0.25) is 4.79 Å². The third-order valence-corrected chi connectivity index (χ3v) is 2.93. The van der Waals surface area contributed by atoms with Gasteiger partial charge < -0.3 is 10.5 Å². The van der Waals surface area contributed by atoms with E-state index in [4.69, 9.17) is 22.1 Å². The Labute approximate surface area is 101 Å². The van der Waals surface area contributed by atoms with Crippen molar-refractivity contribution < 1.29 is 9.53 Å². The van der Waals surface area contributed by atoms with Crippen molar-refractivity contribution in [2.45, 2.75) is 20.3 Å². The fraction of sp³-hybridized carbons (Fsp3) is 0.417. The van der Waals surface area contributed by atoms with E-state index >= 15 is 0 Å². The first-order valence-electron chi connectivity index (χ1n) is 5.09. The molecule has 1 rings (SSSR count). The van der Waals surface area contributed by atoms with E-state index in [9.17, 15) is 4.79 Å². The summed E-state index contributed by atoms with van der Waals surface area (Å²) in [6, 6.07) is 1.90. The smallest absolute Gasteiger partial charge is 0.169 e. The zero-order valence-corrected chi connectivity index (χ0v) is 10.5. The summed E-state index contributed by atoms with van der Waals surface area (Å²) in [6.45, 7) is 4.07. The van der Waals surface area contributed by atoms with E-state index in [1.165, 1.54) is 7.11 Å². The number of aryl methyl sites for hydroxylation is 2. The fourth-order valence-electron chi connectivity index (χ4n) is 1.72. The summed E-state index contributed by atoms with van der Waals surface area (Å²) in [5.41, 5.74) is 7.61. The number of nitrogens with two attached hydrogens (primary N) is 1. The molecule has 0 aliphatic carbocycles. The van der Waals surface area contributed by atoms with E-state index < -0.39 is 0 Å². The number of carbonyl (C=O) groups is 1. The summed E-state index contributed by atoms with van der Waals surface area (Å²) in [6.07, 6.45) is 0.277. The van der Waals surface area contributed by atoms with E-state index in [0.29, 0.717) is 22.9 Å². The highest BCUT2D eigenvalue weighted by molar-refractivity contribution is 6.35. The average molecular weight is 242 g/mol. The van der Waals surface area contributed by atoms with Gasteiger partial charge in [-0.05, 0) is 31.5 Å². The lowest BCUT2D eigenvalue weighted by Crippen LogP contribution is -2.11. The van der Waals surface area contributed by atoms with E-state index in [1.54, 1.807) is 0 Å². The third kappa shape index (κ3) is 2.36. The minimum atomic E-state index is -0.0730. The highest BCUT2D eigenvalue weighted by Crippen LogP contribution is 2.33. The Balaban J connectivity index is 3.38. The Morgan fingerprint density at radius 3 is 2.56 bits per heavy atom. The van der Waals surface area contributed by atoms with Crippen LogP contribution in [0.25, 0.3) is 0 Å². The lowest BCUT2D eigenvalue weighted by Gasteiger charge is -2.14. The van der Waals surface area contributed by atoms with Gasteiger partial charge in [0.2, 0.25) is 0 Å². The molecule has 16 heavy (non-hydrogen) atoms. The van der Waals surface area contributed by atoms with Gasteiger partial charge in [0, 0.05) is 6.42 Å². The van der Waals surface area contributed by atoms with Gasteiger partial charge in [0.1, 0.15) is 5.75 Å². The minimum Gasteiger partial charge on any atom is -0.496 e. The molecule has 0 bridgehead atoms. The molecule has 0 unspecified atom stereocenters. The van der Waals surface area contributed by atoms with Crippen molar-refractivity contribution in [1.82, 2.24) is 0 Å². The molecule has 0 saturated carbocycles. The Morgan fingerprint density at radius 2 is 2.06 bits per heavy atom. The lowest BCUT2D eigenvalue weighted by atomic mass is 10.0. The number of ether oxygens (including phenoxy) is 1. The summed E-state index contributed by atoms with van der Waals surface area (Å²) in [7, 11) is 1.53.